The summed E-state index contributed by atoms with van der Waals surface area (Å²) in [7, 11) is 1.77. The number of ether oxygens (including phenoxy) is 2. The van der Waals surface area contributed by atoms with Crippen molar-refractivity contribution in [3.05, 3.63) is 77.3 Å². The number of hydrogen-bond donors (Lipinski definition) is 0. The number of fused-ring (bicyclic) bond motifs is 2. The van der Waals surface area contributed by atoms with E-state index in [1.165, 1.54) is 47.2 Å². The SMILES string of the molecule is Cn1cc2cc(-n3cc4ccc(OCC(F)(F)F)nc4c(-c4ccc(OC(F)F)cc4)c3=O)ccc2n1. The summed E-state index contributed by atoms with van der Waals surface area (Å²) in [4.78, 5) is 17.9. The summed E-state index contributed by atoms with van der Waals surface area (Å²) in [6.45, 7) is -4.58. The summed E-state index contributed by atoms with van der Waals surface area (Å²) in [5.41, 5.74) is 1.15. The Labute approximate surface area is 205 Å². The molecule has 37 heavy (non-hydrogen) atoms. The third kappa shape index (κ3) is 5.08. The fraction of sp³-hybridized carbons (Fsp3) is 0.160. The van der Waals surface area contributed by atoms with Gasteiger partial charge in [-0.2, -0.15) is 27.1 Å². The molecule has 0 saturated heterocycles. The zero-order valence-corrected chi connectivity index (χ0v) is 19.0. The Morgan fingerprint density at radius 2 is 1.73 bits per heavy atom. The molecule has 0 fully saturated rings. The van der Waals surface area contributed by atoms with Crippen molar-refractivity contribution in [1.29, 1.82) is 0 Å². The van der Waals surface area contributed by atoms with Crippen molar-refractivity contribution < 1.29 is 31.4 Å². The first-order valence-electron chi connectivity index (χ1n) is 10.8. The maximum absolute atomic E-state index is 13.7. The molecule has 0 radical (unpaired) electrons. The quantitative estimate of drug-likeness (QED) is 0.280. The van der Waals surface area contributed by atoms with E-state index in [9.17, 15) is 26.7 Å². The van der Waals surface area contributed by atoms with E-state index in [2.05, 4.69) is 14.8 Å². The van der Waals surface area contributed by atoms with Crippen molar-refractivity contribution >= 4 is 21.8 Å². The highest BCUT2D eigenvalue weighted by molar-refractivity contribution is 5.93. The van der Waals surface area contributed by atoms with Crippen LogP contribution < -0.4 is 15.0 Å². The molecule has 3 aromatic heterocycles. The third-order valence-electron chi connectivity index (χ3n) is 5.47. The molecule has 0 spiro atoms. The molecule has 0 N–H and O–H groups in total. The lowest BCUT2D eigenvalue weighted by molar-refractivity contribution is -0.154. The van der Waals surface area contributed by atoms with Crippen LogP contribution in [0.5, 0.6) is 11.6 Å². The van der Waals surface area contributed by atoms with Gasteiger partial charge in [-0.15, -0.1) is 0 Å². The average Bonchev–Trinajstić information content (AvgIpc) is 3.21. The number of halogens is 5. The van der Waals surface area contributed by atoms with Crippen LogP contribution in [0.2, 0.25) is 0 Å². The van der Waals surface area contributed by atoms with Crippen LogP contribution in [0, 0.1) is 0 Å². The van der Waals surface area contributed by atoms with Gasteiger partial charge in [-0.3, -0.25) is 14.0 Å². The number of hydrogen-bond acceptors (Lipinski definition) is 5. The first-order valence-corrected chi connectivity index (χ1v) is 10.8. The van der Waals surface area contributed by atoms with Crippen molar-refractivity contribution in [2.45, 2.75) is 12.8 Å². The number of pyridine rings is 2. The summed E-state index contributed by atoms with van der Waals surface area (Å²) < 4.78 is 75.3. The fourth-order valence-corrected chi connectivity index (χ4v) is 3.95. The van der Waals surface area contributed by atoms with Crippen molar-refractivity contribution in [2.75, 3.05) is 6.61 Å². The van der Waals surface area contributed by atoms with Crippen LogP contribution in [0.4, 0.5) is 22.0 Å². The van der Waals surface area contributed by atoms with Crippen molar-refractivity contribution in [1.82, 2.24) is 19.3 Å². The highest BCUT2D eigenvalue weighted by Gasteiger charge is 2.29. The second-order valence-corrected chi connectivity index (χ2v) is 8.12. The normalized spacial score (nSPS) is 12.0. The van der Waals surface area contributed by atoms with Gasteiger partial charge in [0, 0.05) is 42.0 Å². The predicted octanol–water partition coefficient (Wildman–Crippen LogP) is 5.48. The molecular weight excluding hydrogens is 499 g/mol. The van der Waals surface area contributed by atoms with Gasteiger partial charge in [-0.05, 0) is 42.0 Å². The van der Waals surface area contributed by atoms with Gasteiger partial charge in [0.25, 0.3) is 5.56 Å². The third-order valence-corrected chi connectivity index (χ3v) is 5.47. The fourth-order valence-electron chi connectivity index (χ4n) is 3.95. The van der Waals surface area contributed by atoms with E-state index in [0.29, 0.717) is 16.6 Å². The van der Waals surface area contributed by atoms with Crippen molar-refractivity contribution in [2.24, 2.45) is 7.05 Å². The van der Waals surface area contributed by atoms with E-state index >= 15 is 0 Å². The van der Waals surface area contributed by atoms with Crippen LogP contribution in [0.3, 0.4) is 0 Å². The van der Waals surface area contributed by atoms with Crippen LogP contribution in [0.1, 0.15) is 0 Å². The Kier molecular flexibility index (Phi) is 6.02. The molecule has 2 aromatic carbocycles. The van der Waals surface area contributed by atoms with Gasteiger partial charge >= 0.3 is 12.8 Å². The van der Waals surface area contributed by atoms with Gasteiger partial charge < -0.3 is 9.47 Å². The summed E-state index contributed by atoms with van der Waals surface area (Å²) in [6.07, 6.45) is -1.26. The van der Waals surface area contributed by atoms with Crippen LogP contribution in [-0.4, -0.2) is 38.7 Å². The van der Waals surface area contributed by atoms with Crippen LogP contribution >= 0.6 is 0 Å². The topological polar surface area (TPSA) is 71.2 Å². The van der Waals surface area contributed by atoms with E-state index in [0.717, 1.165) is 10.9 Å². The second kappa shape index (κ2) is 9.19. The minimum atomic E-state index is -4.58. The van der Waals surface area contributed by atoms with Gasteiger partial charge in [0.2, 0.25) is 5.88 Å². The van der Waals surface area contributed by atoms with Crippen molar-refractivity contribution in [3.63, 3.8) is 0 Å². The number of nitrogens with zero attached hydrogens (tertiary/aromatic N) is 4. The standard InChI is InChI=1S/C25H17F5N4O3/c1-33-11-16-10-17(5-8-19(16)32-33)34-12-15-4-9-20(36-13-25(28,29)30)31-22(15)21(23(34)35)14-2-6-18(7-3-14)37-24(26)27/h2-12,24H,13H2,1H3. The summed E-state index contributed by atoms with van der Waals surface area (Å²) >= 11 is 0. The van der Waals surface area contributed by atoms with Crippen LogP contribution in [-0.2, 0) is 7.05 Å². The molecule has 5 rings (SSSR count). The molecule has 0 saturated carbocycles. The molecule has 0 aliphatic rings. The summed E-state index contributed by atoms with van der Waals surface area (Å²) in [6, 6.07) is 13.3. The molecule has 0 amide bonds. The minimum absolute atomic E-state index is 0.0461. The molecule has 5 aromatic rings. The van der Waals surface area contributed by atoms with Gasteiger partial charge in [0.15, 0.2) is 6.61 Å². The Bertz CT molecular complexity index is 1660. The predicted molar refractivity (Wildman–Crippen MR) is 125 cm³/mol. The maximum atomic E-state index is 13.7. The summed E-state index contributed by atoms with van der Waals surface area (Å²) in [5, 5.41) is 5.54. The van der Waals surface area contributed by atoms with Crippen molar-refractivity contribution in [3.8, 4) is 28.4 Å². The number of aryl methyl sites for hydroxylation is 1. The molecule has 0 unspecified atom stereocenters. The minimum Gasteiger partial charge on any atom is -0.468 e. The zero-order valence-electron chi connectivity index (χ0n) is 19.0. The lowest BCUT2D eigenvalue weighted by atomic mass is 10.0. The smallest absolute Gasteiger partial charge is 0.422 e. The lowest BCUT2D eigenvalue weighted by Gasteiger charge is -2.14. The number of benzene rings is 2. The number of alkyl halides is 5. The lowest BCUT2D eigenvalue weighted by Crippen LogP contribution is -2.21. The van der Waals surface area contributed by atoms with E-state index in [1.54, 1.807) is 36.1 Å². The van der Waals surface area contributed by atoms with E-state index < -0.39 is 25.0 Å². The second-order valence-electron chi connectivity index (χ2n) is 8.12. The van der Waals surface area contributed by atoms with E-state index in [-0.39, 0.29) is 22.7 Å². The van der Waals surface area contributed by atoms with Gasteiger partial charge in [0.05, 0.1) is 16.6 Å². The Morgan fingerprint density at radius 3 is 2.43 bits per heavy atom. The number of aromatic nitrogens is 4. The number of rotatable bonds is 6. The van der Waals surface area contributed by atoms with Crippen LogP contribution in [0.25, 0.3) is 38.6 Å². The van der Waals surface area contributed by atoms with Gasteiger partial charge in [0.1, 0.15) is 5.75 Å². The molecule has 0 atom stereocenters. The first kappa shape index (κ1) is 24.2. The Hall–Kier alpha value is -4.48. The molecule has 0 aliphatic carbocycles. The molecule has 3 heterocycles. The molecular formula is C25H17F5N4O3. The Balaban J connectivity index is 1.69. The van der Waals surface area contributed by atoms with E-state index in [1.807, 2.05) is 0 Å². The average molecular weight is 516 g/mol. The highest BCUT2D eigenvalue weighted by Crippen LogP contribution is 2.30. The van der Waals surface area contributed by atoms with Crippen LogP contribution in [0.15, 0.2) is 71.8 Å². The highest BCUT2D eigenvalue weighted by atomic mass is 19.4. The van der Waals surface area contributed by atoms with Gasteiger partial charge in [-0.1, -0.05) is 12.1 Å². The maximum Gasteiger partial charge on any atom is 0.422 e. The Morgan fingerprint density at radius 1 is 0.973 bits per heavy atom. The monoisotopic (exact) mass is 516 g/mol. The molecule has 12 heteroatoms. The molecule has 0 aliphatic heterocycles. The molecule has 190 valence electrons. The molecule has 0 bridgehead atoms. The molecule has 7 nitrogen and oxygen atoms in total. The summed E-state index contributed by atoms with van der Waals surface area (Å²) in [5.74, 6) is -0.443. The zero-order chi connectivity index (χ0) is 26.3. The largest absolute Gasteiger partial charge is 0.468 e. The van der Waals surface area contributed by atoms with Gasteiger partial charge in [-0.25, -0.2) is 4.98 Å². The van der Waals surface area contributed by atoms with E-state index in [4.69, 9.17) is 4.74 Å². The first-order chi connectivity index (χ1) is 17.6.